The first kappa shape index (κ1) is 20.6. The lowest BCUT2D eigenvalue weighted by Gasteiger charge is -2.10. The highest BCUT2D eigenvalue weighted by Crippen LogP contribution is 2.25. The van der Waals surface area contributed by atoms with Crippen molar-refractivity contribution in [2.75, 3.05) is 17.2 Å². The highest BCUT2D eigenvalue weighted by molar-refractivity contribution is 7.12. The van der Waals surface area contributed by atoms with E-state index >= 15 is 0 Å². The first-order valence-corrected chi connectivity index (χ1v) is 9.96. The van der Waals surface area contributed by atoms with Gasteiger partial charge in [0.25, 0.3) is 11.8 Å². The maximum absolute atomic E-state index is 12.6. The van der Waals surface area contributed by atoms with E-state index in [0.717, 1.165) is 0 Å². The van der Waals surface area contributed by atoms with Crippen molar-refractivity contribution in [3.63, 3.8) is 0 Å². The van der Waals surface area contributed by atoms with Crippen LogP contribution in [0.2, 0.25) is 5.02 Å². The molecule has 1 heterocycles. The van der Waals surface area contributed by atoms with Crippen LogP contribution in [-0.4, -0.2) is 24.4 Å². The Hall–Kier alpha value is -3.16. The molecule has 0 unspecified atom stereocenters. The number of ether oxygens (including phenoxy) is 1. The summed E-state index contributed by atoms with van der Waals surface area (Å²) in [5, 5.41) is 7.54. The van der Waals surface area contributed by atoms with Crippen LogP contribution in [0.1, 0.15) is 37.3 Å². The largest absolute Gasteiger partial charge is 0.462 e. The molecule has 0 aliphatic rings. The predicted molar refractivity (Wildman–Crippen MR) is 114 cm³/mol. The summed E-state index contributed by atoms with van der Waals surface area (Å²) >= 11 is 7.46. The van der Waals surface area contributed by atoms with Gasteiger partial charge in [0.15, 0.2) is 0 Å². The summed E-state index contributed by atoms with van der Waals surface area (Å²) in [6.07, 6.45) is 0. The Balaban J connectivity index is 1.75. The van der Waals surface area contributed by atoms with Crippen LogP contribution in [0, 0.1) is 0 Å². The number of benzene rings is 2. The number of esters is 1. The third-order valence-electron chi connectivity index (χ3n) is 3.85. The lowest BCUT2D eigenvalue weighted by Crippen LogP contribution is -2.15. The van der Waals surface area contributed by atoms with Gasteiger partial charge in [0, 0.05) is 11.3 Å². The van der Waals surface area contributed by atoms with E-state index in [4.69, 9.17) is 16.3 Å². The second-order valence-corrected chi connectivity index (χ2v) is 7.24. The predicted octanol–water partition coefficient (Wildman–Crippen LogP) is 5.08. The molecule has 0 radical (unpaired) electrons. The molecule has 29 heavy (non-hydrogen) atoms. The molecule has 0 aliphatic heterocycles. The van der Waals surface area contributed by atoms with Crippen molar-refractivity contribution in [2.45, 2.75) is 6.92 Å². The van der Waals surface area contributed by atoms with Crippen LogP contribution >= 0.6 is 22.9 Å². The lowest BCUT2D eigenvalue weighted by atomic mass is 10.1. The number of rotatable bonds is 6. The molecule has 0 saturated carbocycles. The molecule has 148 valence electrons. The summed E-state index contributed by atoms with van der Waals surface area (Å²) < 4.78 is 4.96. The van der Waals surface area contributed by atoms with Gasteiger partial charge in [-0.15, -0.1) is 11.3 Å². The number of nitrogens with one attached hydrogen (secondary N) is 2. The van der Waals surface area contributed by atoms with Gasteiger partial charge in [-0.05, 0) is 54.8 Å². The monoisotopic (exact) mass is 428 g/mol. The molecule has 2 aromatic carbocycles. The molecule has 8 heteroatoms. The average molecular weight is 429 g/mol. The average Bonchev–Trinajstić information content (AvgIpc) is 3.25. The minimum atomic E-state index is -0.464. The first-order chi connectivity index (χ1) is 14.0. The van der Waals surface area contributed by atoms with Crippen LogP contribution in [0.25, 0.3) is 0 Å². The molecule has 3 rings (SSSR count). The Morgan fingerprint density at radius 3 is 2.52 bits per heavy atom. The third-order valence-corrected chi connectivity index (χ3v) is 5.05. The Labute approximate surface area is 176 Å². The maximum atomic E-state index is 12.6. The molecule has 0 bridgehead atoms. The van der Waals surface area contributed by atoms with Crippen LogP contribution in [0.5, 0.6) is 0 Å². The van der Waals surface area contributed by atoms with Gasteiger partial charge in [-0.2, -0.15) is 0 Å². The molecule has 2 amide bonds. The number of carbonyl (C=O) groups is 3. The molecule has 0 saturated heterocycles. The minimum absolute atomic E-state index is 0.264. The zero-order valence-corrected chi connectivity index (χ0v) is 17.0. The van der Waals surface area contributed by atoms with E-state index < -0.39 is 11.9 Å². The fraction of sp³-hybridized carbons (Fsp3) is 0.0952. The summed E-state index contributed by atoms with van der Waals surface area (Å²) in [5.74, 6) is -1.18. The van der Waals surface area contributed by atoms with Crippen molar-refractivity contribution in [2.24, 2.45) is 0 Å². The Kier molecular flexibility index (Phi) is 6.64. The van der Waals surface area contributed by atoms with Gasteiger partial charge in [-0.3, -0.25) is 9.59 Å². The van der Waals surface area contributed by atoms with E-state index in [1.165, 1.54) is 29.5 Å². The van der Waals surface area contributed by atoms with E-state index in [-0.39, 0.29) is 12.5 Å². The summed E-state index contributed by atoms with van der Waals surface area (Å²) in [6, 6.07) is 14.5. The molecular weight excluding hydrogens is 412 g/mol. The maximum Gasteiger partial charge on any atom is 0.338 e. The van der Waals surface area contributed by atoms with Crippen molar-refractivity contribution in [3.05, 3.63) is 81.0 Å². The normalized spacial score (nSPS) is 10.3. The van der Waals surface area contributed by atoms with Crippen LogP contribution in [-0.2, 0) is 4.74 Å². The minimum Gasteiger partial charge on any atom is -0.462 e. The van der Waals surface area contributed by atoms with Gasteiger partial charge < -0.3 is 15.4 Å². The van der Waals surface area contributed by atoms with Gasteiger partial charge in [-0.1, -0.05) is 23.7 Å². The van der Waals surface area contributed by atoms with Crippen LogP contribution in [0.3, 0.4) is 0 Å². The van der Waals surface area contributed by atoms with E-state index in [1.807, 2.05) is 0 Å². The zero-order valence-electron chi connectivity index (χ0n) is 15.4. The summed E-state index contributed by atoms with van der Waals surface area (Å²) in [6.45, 7) is 1.99. The number of hydrogen-bond donors (Lipinski definition) is 2. The first-order valence-electron chi connectivity index (χ1n) is 8.71. The molecule has 0 atom stereocenters. The van der Waals surface area contributed by atoms with Crippen LogP contribution in [0.4, 0.5) is 11.4 Å². The van der Waals surface area contributed by atoms with Crippen molar-refractivity contribution >= 4 is 52.1 Å². The number of hydrogen-bond acceptors (Lipinski definition) is 5. The van der Waals surface area contributed by atoms with Crippen molar-refractivity contribution < 1.29 is 19.1 Å². The fourth-order valence-corrected chi connectivity index (χ4v) is 3.28. The number of thiophene rings is 1. The van der Waals surface area contributed by atoms with Crippen LogP contribution < -0.4 is 10.6 Å². The van der Waals surface area contributed by atoms with Gasteiger partial charge in [0.2, 0.25) is 0 Å². The lowest BCUT2D eigenvalue weighted by molar-refractivity contribution is 0.0526. The molecule has 1 aromatic heterocycles. The second-order valence-electron chi connectivity index (χ2n) is 5.88. The molecule has 0 fully saturated rings. The molecule has 2 N–H and O–H groups in total. The molecule has 0 spiro atoms. The van der Waals surface area contributed by atoms with Gasteiger partial charge >= 0.3 is 5.97 Å². The van der Waals surface area contributed by atoms with Gasteiger partial charge in [0.1, 0.15) is 0 Å². The molecule has 3 aromatic rings. The zero-order chi connectivity index (χ0) is 20.8. The van der Waals surface area contributed by atoms with Crippen LogP contribution in [0.15, 0.2) is 60.0 Å². The highest BCUT2D eigenvalue weighted by Gasteiger charge is 2.14. The Bertz CT molecular complexity index is 1050. The van der Waals surface area contributed by atoms with Crippen molar-refractivity contribution in [1.29, 1.82) is 0 Å². The van der Waals surface area contributed by atoms with E-state index in [1.54, 1.807) is 48.7 Å². The van der Waals surface area contributed by atoms with E-state index in [0.29, 0.717) is 32.4 Å². The number of anilines is 2. The van der Waals surface area contributed by atoms with E-state index in [2.05, 4.69) is 10.6 Å². The topological polar surface area (TPSA) is 84.5 Å². The van der Waals surface area contributed by atoms with Crippen molar-refractivity contribution in [1.82, 2.24) is 0 Å². The standard InChI is InChI=1S/C21H17ClN2O4S/c1-2-28-21(27)14-5-3-6-15(11-14)23-19(25)13-8-9-16(22)17(12-13)24-20(26)18-7-4-10-29-18/h3-12H,2H2,1H3,(H,23,25)(H,24,26). The second kappa shape index (κ2) is 9.36. The SMILES string of the molecule is CCOC(=O)c1cccc(NC(=O)c2ccc(Cl)c(NC(=O)c3cccs3)c2)c1. The summed E-state index contributed by atoms with van der Waals surface area (Å²) in [5.41, 5.74) is 1.42. The molecular formula is C21H17ClN2O4S. The number of halogens is 1. The summed E-state index contributed by atoms with van der Waals surface area (Å²) in [7, 11) is 0. The highest BCUT2D eigenvalue weighted by atomic mass is 35.5. The Morgan fingerprint density at radius 2 is 1.79 bits per heavy atom. The quantitative estimate of drug-likeness (QED) is 0.536. The Morgan fingerprint density at radius 1 is 0.966 bits per heavy atom. The molecule has 6 nitrogen and oxygen atoms in total. The third kappa shape index (κ3) is 5.22. The fourth-order valence-electron chi connectivity index (χ4n) is 2.50. The number of carbonyl (C=O) groups excluding carboxylic acids is 3. The van der Waals surface area contributed by atoms with Crippen molar-refractivity contribution in [3.8, 4) is 0 Å². The van der Waals surface area contributed by atoms with E-state index in [9.17, 15) is 14.4 Å². The van der Waals surface area contributed by atoms with Gasteiger partial charge in [0.05, 0.1) is 27.8 Å². The smallest absolute Gasteiger partial charge is 0.338 e. The summed E-state index contributed by atoms with van der Waals surface area (Å²) in [4.78, 5) is 37.2. The number of amides is 2. The molecule has 0 aliphatic carbocycles. The van der Waals surface area contributed by atoms with Gasteiger partial charge in [-0.25, -0.2) is 4.79 Å².